The zero-order valence-corrected chi connectivity index (χ0v) is 11.4. The smallest absolute Gasteiger partial charge is 0.165 e. The summed E-state index contributed by atoms with van der Waals surface area (Å²) >= 11 is 3.44. The summed E-state index contributed by atoms with van der Waals surface area (Å²) in [5.41, 5.74) is 1.45. The van der Waals surface area contributed by atoms with Crippen molar-refractivity contribution in [2.75, 3.05) is 7.11 Å². The van der Waals surface area contributed by atoms with Crippen molar-refractivity contribution in [2.24, 2.45) is 7.05 Å². The average molecular weight is 299 g/mol. The van der Waals surface area contributed by atoms with Crippen LogP contribution in [-0.4, -0.2) is 16.7 Å². The quantitative estimate of drug-likeness (QED) is 0.850. The Hall–Kier alpha value is -1.36. The SMILES string of the molecule is COc1ccc(-c2nc(C)n(C)c2Br)cc1F. The van der Waals surface area contributed by atoms with E-state index in [1.807, 2.05) is 18.5 Å². The first-order valence-electron chi connectivity index (χ1n) is 5.07. The molecule has 0 spiro atoms. The number of aromatic nitrogens is 2. The molecule has 0 aliphatic carbocycles. The summed E-state index contributed by atoms with van der Waals surface area (Å²) < 4.78 is 21.2. The van der Waals surface area contributed by atoms with Gasteiger partial charge in [-0.15, -0.1) is 0 Å². The van der Waals surface area contributed by atoms with Gasteiger partial charge in [-0.2, -0.15) is 0 Å². The Labute approximate surface area is 107 Å². The Morgan fingerprint density at radius 3 is 2.59 bits per heavy atom. The van der Waals surface area contributed by atoms with E-state index in [0.717, 1.165) is 21.7 Å². The van der Waals surface area contributed by atoms with Gasteiger partial charge in [0.25, 0.3) is 0 Å². The molecule has 3 nitrogen and oxygen atoms in total. The van der Waals surface area contributed by atoms with E-state index in [2.05, 4.69) is 20.9 Å². The van der Waals surface area contributed by atoms with Crippen molar-refractivity contribution in [2.45, 2.75) is 6.92 Å². The molecule has 1 aromatic heterocycles. The van der Waals surface area contributed by atoms with Gasteiger partial charge in [0.2, 0.25) is 0 Å². The van der Waals surface area contributed by atoms with E-state index in [9.17, 15) is 4.39 Å². The van der Waals surface area contributed by atoms with Crippen molar-refractivity contribution in [1.82, 2.24) is 9.55 Å². The summed E-state index contributed by atoms with van der Waals surface area (Å²) in [5.74, 6) is 0.709. The molecule has 2 aromatic rings. The van der Waals surface area contributed by atoms with Crippen molar-refractivity contribution in [3.05, 3.63) is 34.4 Å². The molecule has 0 saturated carbocycles. The van der Waals surface area contributed by atoms with Gasteiger partial charge in [-0.05, 0) is 41.1 Å². The molecule has 17 heavy (non-hydrogen) atoms. The fourth-order valence-electron chi connectivity index (χ4n) is 1.58. The molecule has 0 fully saturated rings. The zero-order chi connectivity index (χ0) is 12.6. The van der Waals surface area contributed by atoms with Crippen LogP contribution < -0.4 is 4.74 Å². The molecule has 0 atom stereocenters. The van der Waals surface area contributed by atoms with E-state index in [4.69, 9.17) is 4.74 Å². The minimum Gasteiger partial charge on any atom is -0.494 e. The van der Waals surface area contributed by atoms with Gasteiger partial charge < -0.3 is 9.30 Å². The fourth-order valence-corrected chi connectivity index (χ4v) is 2.16. The number of aryl methyl sites for hydroxylation is 1. The minimum absolute atomic E-state index is 0.234. The highest BCUT2D eigenvalue weighted by atomic mass is 79.9. The van der Waals surface area contributed by atoms with Gasteiger partial charge in [-0.1, -0.05) is 0 Å². The number of hydrogen-bond acceptors (Lipinski definition) is 2. The molecule has 2 rings (SSSR count). The predicted molar refractivity (Wildman–Crippen MR) is 67.6 cm³/mol. The van der Waals surface area contributed by atoms with Gasteiger partial charge in [0.05, 0.1) is 7.11 Å². The highest BCUT2D eigenvalue weighted by Crippen LogP contribution is 2.30. The van der Waals surface area contributed by atoms with Crippen molar-refractivity contribution in [3.63, 3.8) is 0 Å². The molecule has 0 bridgehead atoms. The van der Waals surface area contributed by atoms with Crippen LogP contribution >= 0.6 is 15.9 Å². The maximum Gasteiger partial charge on any atom is 0.165 e. The Kier molecular flexibility index (Phi) is 3.19. The van der Waals surface area contributed by atoms with E-state index in [1.54, 1.807) is 12.1 Å². The van der Waals surface area contributed by atoms with Crippen LogP contribution in [-0.2, 0) is 7.05 Å². The molecule has 90 valence electrons. The minimum atomic E-state index is -0.389. The number of nitrogens with zero attached hydrogens (tertiary/aromatic N) is 2. The maximum absolute atomic E-state index is 13.6. The molecule has 0 saturated heterocycles. The molecule has 0 aliphatic rings. The van der Waals surface area contributed by atoms with Crippen LogP contribution in [0.1, 0.15) is 5.82 Å². The number of hydrogen-bond donors (Lipinski definition) is 0. The first-order valence-corrected chi connectivity index (χ1v) is 5.86. The number of benzene rings is 1. The van der Waals surface area contributed by atoms with Crippen LogP contribution in [0.5, 0.6) is 5.75 Å². The van der Waals surface area contributed by atoms with Gasteiger partial charge in [-0.25, -0.2) is 9.37 Å². The van der Waals surface area contributed by atoms with E-state index in [-0.39, 0.29) is 11.6 Å². The maximum atomic E-state index is 13.6. The Balaban J connectivity index is 2.53. The van der Waals surface area contributed by atoms with Gasteiger partial charge in [0.1, 0.15) is 16.1 Å². The van der Waals surface area contributed by atoms with E-state index < -0.39 is 0 Å². The third-order valence-corrected chi connectivity index (χ3v) is 3.58. The molecule has 1 heterocycles. The number of rotatable bonds is 2. The molecule has 1 aromatic carbocycles. The van der Waals surface area contributed by atoms with Crippen LogP contribution in [0.4, 0.5) is 4.39 Å². The molecular formula is C12H12BrFN2O. The first kappa shape index (κ1) is 12.1. The molecule has 5 heteroatoms. The monoisotopic (exact) mass is 298 g/mol. The van der Waals surface area contributed by atoms with Crippen molar-refractivity contribution in [3.8, 4) is 17.0 Å². The third kappa shape index (κ3) is 2.07. The van der Waals surface area contributed by atoms with Gasteiger partial charge >= 0.3 is 0 Å². The Bertz CT molecular complexity index is 566. The largest absolute Gasteiger partial charge is 0.494 e. The van der Waals surface area contributed by atoms with E-state index in [1.165, 1.54) is 13.2 Å². The summed E-state index contributed by atoms with van der Waals surface area (Å²) in [7, 11) is 3.34. The van der Waals surface area contributed by atoms with Gasteiger partial charge in [0.15, 0.2) is 11.6 Å². The molecule has 0 N–H and O–H groups in total. The van der Waals surface area contributed by atoms with E-state index >= 15 is 0 Å². The molecule has 0 radical (unpaired) electrons. The molecule has 0 amide bonds. The third-order valence-electron chi connectivity index (χ3n) is 2.67. The van der Waals surface area contributed by atoms with Crippen molar-refractivity contribution < 1.29 is 9.13 Å². The average Bonchev–Trinajstić information content (AvgIpc) is 2.57. The van der Waals surface area contributed by atoms with Crippen LogP contribution in [0.25, 0.3) is 11.3 Å². The summed E-state index contributed by atoms with van der Waals surface area (Å²) in [6, 6.07) is 4.81. The normalized spacial score (nSPS) is 10.6. The summed E-state index contributed by atoms with van der Waals surface area (Å²) in [6.45, 7) is 1.90. The second-order valence-electron chi connectivity index (χ2n) is 3.71. The lowest BCUT2D eigenvalue weighted by Crippen LogP contribution is -1.90. The van der Waals surface area contributed by atoms with Crippen LogP contribution in [0, 0.1) is 12.7 Å². The standard InChI is InChI=1S/C12H12BrFN2O/c1-7-15-11(12(13)16(7)2)8-4-5-10(17-3)9(14)6-8/h4-6H,1-3H3. The fraction of sp³-hybridized carbons (Fsp3) is 0.250. The summed E-state index contributed by atoms with van der Waals surface area (Å²) in [6.07, 6.45) is 0. The molecule has 0 unspecified atom stereocenters. The second-order valence-corrected chi connectivity index (χ2v) is 4.46. The predicted octanol–water partition coefficient (Wildman–Crippen LogP) is 3.31. The van der Waals surface area contributed by atoms with Crippen molar-refractivity contribution >= 4 is 15.9 Å². The van der Waals surface area contributed by atoms with E-state index in [0.29, 0.717) is 0 Å². The lowest BCUT2D eigenvalue weighted by molar-refractivity contribution is 0.386. The zero-order valence-electron chi connectivity index (χ0n) is 9.79. The number of imidazole rings is 1. The number of methoxy groups -OCH3 is 1. The number of halogens is 2. The van der Waals surface area contributed by atoms with Crippen LogP contribution in [0.3, 0.4) is 0 Å². The summed E-state index contributed by atoms with van der Waals surface area (Å²) in [4.78, 5) is 4.39. The lowest BCUT2D eigenvalue weighted by atomic mass is 10.1. The number of ether oxygens (including phenoxy) is 1. The Morgan fingerprint density at radius 1 is 1.41 bits per heavy atom. The lowest BCUT2D eigenvalue weighted by Gasteiger charge is -2.04. The second kappa shape index (κ2) is 4.49. The highest BCUT2D eigenvalue weighted by molar-refractivity contribution is 9.10. The first-order chi connectivity index (χ1) is 8.04. The summed E-state index contributed by atoms with van der Waals surface area (Å²) in [5, 5.41) is 0. The van der Waals surface area contributed by atoms with Gasteiger partial charge in [-0.3, -0.25) is 0 Å². The van der Waals surface area contributed by atoms with Crippen LogP contribution in [0.15, 0.2) is 22.8 Å². The molecule has 0 aliphatic heterocycles. The van der Waals surface area contributed by atoms with Gasteiger partial charge in [0, 0.05) is 12.6 Å². The molecular weight excluding hydrogens is 287 g/mol. The van der Waals surface area contributed by atoms with Crippen LogP contribution in [0.2, 0.25) is 0 Å². The topological polar surface area (TPSA) is 27.1 Å². The highest BCUT2D eigenvalue weighted by Gasteiger charge is 2.13. The van der Waals surface area contributed by atoms with Crippen molar-refractivity contribution in [1.29, 1.82) is 0 Å². The Morgan fingerprint density at radius 2 is 2.12 bits per heavy atom.